The maximum atomic E-state index is 13.1. The Balaban J connectivity index is 1.79. The molecular formula is C14H15FN2O3S2. The SMILES string of the molecule is CN1[C@@H](C(=O)O)CS[C@@H]1C1CSC(c2ccc(F)cc2O)=N1. The Kier molecular flexibility index (Phi) is 4.33. The summed E-state index contributed by atoms with van der Waals surface area (Å²) in [7, 11) is 1.80. The van der Waals surface area contributed by atoms with Crippen molar-refractivity contribution in [1.82, 2.24) is 4.90 Å². The molecule has 0 radical (unpaired) electrons. The predicted octanol–water partition coefficient (Wildman–Crippen LogP) is 1.85. The third-order valence-electron chi connectivity index (χ3n) is 3.80. The Morgan fingerprint density at radius 2 is 2.23 bits per heavy atom. The Morgan fingerprint density at radius 1 is 1.45 bits per heavy atom. The zero-order valence-electron chi connectivity index (χ0n) is 11.8. The molecule has 5 nitrogen and oxygen atoms in total. The summed E-state index contributed by atoms with van der Waals surface area (Å²) in [5.41, 5.74) is 0.523. The highest BCUT2D eigenvalue weighted by molar-refractivity contribution is 8.14. The smallest absolute Gasteiger partial charge is 0.321 e. The minimum absolute atomic E-state index is 0.00805. The lowest BCUT2D eigenvalue weighted by molar-refractivity contribution is -0.141. The number of rotatable bonds is 3. The molecule has 8 heteroatoms. The van der Waals surface area contributed by atoms with Crippen LogP contribution in [0.2, 0.25) is 0 Å². The monoisotopic (exact) mass is 342 g/mol. The number of aliphatic carboxylic acids is 1. The van der Waals surface area contributed by atoms with Crippen molar-refractivity contribution in [2.24, 2.45) is 4.99 Å². The van der Waals surface area contributed by atoms with E-state index >= 15 is 0 Å². The van der Waals surface area contributed by atoms with Gasteiger partial charge in [0.1, 0.15) is 22.7 Å². The summed E-state index contributed by atoms with van der Waals surface area (Å²) in [5.74, 6) is -0.159. The van der Waals surface area contributed by atoms with Crippen molar-refractivity contribution in [2.45, 2.75) is 17.5 Å². The van der Waals surface area contributed by atoms with Gasteiger partial charge in [0.2, 0.25) is 0 Å². The maximum Gasteiger partial charge on any atom is 0.321 e. The summed E-state index contributed by atoms with van der Waals surface area (Å²) in [4.78, 5) is 17.6. The number of carboxylic acid groups (broad SMARTS) is 1. The van der Waals surface area contributed by atoms with Crippen LogP contribution >= 0.6 is 23.5 Å². The normalized spacial score (nSPS) is 28.8. The zero-order valence-corrected chi connectivity index (χ0v) is 13.4. The van der Waals surface area contributed by atoms with Crippen LogP contribution < -0.4 is 0 Å². The fourth-order valence-electron chi connectivity index (χ4n) is 2.60. The molecule has 2 aliphatic rings. The highest BCUT2D eigenvalue weighted by Gasteiger charge is 2.41. The Bertz CT molecular complexity index is 641. The second-order valence-corrected chi connectivity index (χ2v) is 7.38. The zero-order chi connectivity index (χ0) is 15.9. The second kappa shape index (κ2) is 6.10. The summed E-state index contributed by atoms with van der Waals surface area (Å²) >= 11 is 3.09. The number of phenolic OH excluding ortho intramolecular Hbond substituents is 1. The Hall–Kier alpha value is -1.25. The first-order valence-corrected chi connectivity index (χ1v) is 8.76. The van der Waals surface area contributed by atoms with E-state index in [0.29, 0.717) is 16.4 Å². The summed E-state index contributed by atoms with van der Waals surface area (Å²) in [6.45, 7) is 0. The van der Waals surface area contributed by atoms with Crippen LogP contribution in [0.4, 0.5) is 4.39 Å². The quantitative estimate of drug-likeness (QED) is 0.873. The van der Waals surface area contributed by atoms with Crippen molar-refractivity contribution >= 4 is 34.5 Å². The number of aromatic hydroxyl groups is 1. The van der Waals surface area contributed by atoms with Crippen molar-refractivity contribution in [3.63, 3.8) is 0 Å². The summed E-state index contributed by atoms with van der Waals surface area (Å²) in [5, 5.41) is 19.7. The van der Waals surface area contributed by atoms with Crippen LogP contribution in [-0.4, -0.2) is 62.1 Å². The molecular weight excluding hydrogens is 327 g/mol. The molecule has 1 fully saturated rings. The Morgan fingerprint density at radius 3 is 2.86 bits per heavy atom. The standard InChI is InChI=1S/C14H15FN2O3S2/c1-17-10(14(19)20)6-22-13(17)9-5-21-12(16-9)8-3-2-7(15)4-11(8)18/h2-4,9-10,13,18H,5-6H2,1H3,(H,19,20)/t9?,10-,13-/m1/s1. The van der Waals surface area contributed by atoms with Gasteiger partial charge in [-0.2, -0.15) is 0 Å². The average molecular weight is 342 g/mol. The number of hydrogen-bond donors (Lipinski definition) is 2. The number of thioether (sulfide) groups is 2. The molecule has 2 aliphatic heterocycles. The lowest BCUT2D eigenvalue weighted by Crippen LogP contribution is -2.42. The molecule has 0 aliphatic carbocycles. The molecule has 0 aromatic heterocycles. The number of carboxylic acids is 1. The van der Waals surface area contributed by atoms with E-state index in [1.807, 2.05) is 4.90 Å². The van der Waals surface area contributed by atoms with E-state index in [4.69, 9.17) is 0 Å². The predicted molar refractivity (Wildman–Crippen MR) is 86.3 cm³/mol. The van der Waals surface area contributed by atoms with Gasteiger partial charge in [-0.1, -0.05) is 0 Å². The molecule has 2 heterocycles. The molecule has 1 saturated heterocycles. The minimum Gasteiger partial charge on any atom is -0.507 e. The molecule has 3 rings (SSSR count). The van der Waals surface area contributed by atoms with Crippen molar-refractivity contribution in [3.8, 4) is 5.75 Å². The first-order chi connectivity index (χ1) is 10.5. The fraction of sp³-hybridized carbons (Fsp3) is 0.429. The van der Waals surface area contributed by atoms with E-state index in [1.54, 1.807) is 18.8 Å². The van der Waals surface area contributed by atoms with Crippen LogP contribution in [0.25, 0.3) is 0 Å². The first-order valence-electron chi connectivity index (χ1n) is 6.73. The van der Waals surface area contributed by atoms with Gasteiger partial charge in [0.05, 0.1) is 11.4 Å². The molecule has 2 N–H and O–H groups in total. The molecule has 22 heavy (non-hydrogen) atoms. The number of phenols is 1. The minimum atomic E-state index is -0.816. The van der Waals surface area contributed by atoms with Crippen molar-refractivity contribution in [1.29, 1.82) is 0 Å². The van der Waals surface area contributed by atoms with E-state index in [2.05, 4.69) is 4.99 Å². The van der Waals surface area contributed by atoms with Gasteiger partial charge in [-0.15, -0.1) is 23.5 Å². The molecule has 0 bridgehead atoms. The van der Waals surface area contributed by atoms with E-state index in [9.17, 15) is 19.4 Å². The van der Waals surface area contributed by atoms with Crippen LogP contribution in [0.1, 0.15) is 5.56 Å². The molecule has 0 amide bonds. The molecule has 0 saturated carbocycles. The molecule has 1 aromatic carbocycles. The van der Waals surface area contributed by atoms with Crippen LogP contribution in [0.3, 0.4) is 0 Å². The topological polar surface area (TPSA) is 73.1 Å². The van der Waals surface area contributed by atoms with Crippen LogP contribution in [0.15, 0.2) is 23.2 Å². The van der Waals surface area contributed by atoms with E-state index in [1.165, 1.54) is 23.9 Å². The van der Waals surface area contributed by atoms with Gasteiger partial charge in [-0.25, -0.2) is 4.39 Å². The van der Waals surface area contributed by atoms with Gasteiger partial charge in [0, 0.05) is 23.1 Å². The van der Waals surface area contributed by atoms with E-state index < -0.39 is 17.8 Å². The largest absolute Gasteiger partial charge is 0.507 e. The number of halogens is 1. The van der Waals surface area contributed by atoms with Gasteiger partial charge < -0.3 is 10.2 Å². The molecule has 1 unspecified atom stereocenters. The summed E-state index contributed by atoms with van der Waals surface area (Å²) < 4.78 is 13.1. The van der Waals surface area contributed by atoms with Crippen molar-refractivity contribution in [2.75, 3.05) is 18.6 Å². The number of benzene rings is 1. The first kappa shape index (κ1) is 15.6. The maximum absolute atomic E-state index is 13.1. The Labute approximate surface area is 135 Å². The third kappa shape index (κ3) is 2.82. The van der Waals surface area contributed by atoms with Crippen molar-refractivity contribution in [3.05, 3.63) is 29.6 Å². The highest BCUT2D eigenvalue weighted by Crippen LogP contribution is 2.37. The number of aliphatic imine (C=N–C) groups is 1. The number of carbonyl (C=O) groups is 1. The van der Waals surface area contributed by atoms with Crippen molar-refractivity contribution < 1.29 is 19.4 Å². The van der Waals surface area contributed by atoms with Gasteiger partial charge >= 0.3 is 5.97 Å². The van der Waals surface area contributed by atoms with Crippen LogP contribution in [0.5, 0.6) is 5.75 Å². The van der Waals surface area contributed by atoms with Crippen LogP contribution in [0, 0.1) is 5.82 Å². The average Bonchev–Trinajstić information content (AvgIpc) is 3.05. The molecule has 1 aromatic rings. The van der Waals surface area contributed by atoms with E-state index in [0.717, 1.165) is 11.8 Å². The number of nitrogens with zero attached hydrogens (tertiary/aromatic N) is 2. The van der Waals surface area contributed by atoms with Gasteiger partial charge in [0.25, 0.3) is 0 Å². The van der Waals surface area contributed by atoms with Crippen LogP contribution in [-0.2, 0) is 4.79 Å². The lowest BCUT2D eigenvalue weighted by Gasteiger charge is -2.24. The number of hydrogen-bond acceptors (Lipinski definition) is 6. The molecule has 0 spiro atoms. The fourth-order valence-corrected chi connectivity index (χ4v) is 5.36. The lowest BCUT2D eigenvalue weighted by atomic mass is 10.2. The van der Waals surface area contributed by atoms with Gasteiger partial charge in [-0.05, 0) is 19.2 Å². The summed E-state index contributed by atoms with van der Waals surface area (Å²) in [6, 6.07) is 3.36. The van der Waals surface area contributed by atoms with E-state index in [-0.39, 0.29) is 17.2 Å². The summed E-state index contributed by atoms with van der Waals surface area (Å²) in [6.07, 6.45) is 0. The number of likely N-dealkylation sites (N-methyl/N-ethyl adjacent to an activating group) is 1. The van der Waals surface area contributed by atoms with Gasteiger partial charge in [0.15, 0.2) is 0 Å². The molecule has 3 atom stereocenters. The molecule has 118 valence electrons. The van der Waals surface area contributed by atoms with Gasteiger partial charge in [-0.3, -0.25) is 14.7 Å². The second-order valence-electron chi connectivity index (χ2n) is 5.22. The third-order valence-corrected chi connectivity index (χ3v) is 6.40. The highest BCUT2D eigenvalue weighted by atomic mass is 32.2.